The minimum atomic E-state index is -0.482. The summed E-state index contributed by atoms with van der Waals surface area (Å²) >= 11 is 0. The lowest BCUT2D eigenvalue weighted by atomic mass is 9.90. The van der Waals surface area contributed by atoms with Crippen molar-refractivity contribution < 1.29 is 9.53 Å². The Labute approximate surface area is 183 Å². The molecule has 3 aromatic rings. The van der Waals surface area contributed by atoms with E-state index in [1.165, 1.54) is 5.56 Å². The fourth-order valence-corrected chi connectivity index (χ4v) is 3.77. The summed E-state index contributed by atoms with van der Waals surface area (Å²) in [6.45, 7) is 7.10. The Morgan fingerprint density at radius 2 is 1.94 bits per heavy atom. The zero-order valence-electron chi connectivity index (χ0n) is 18.3. The molecule has 0 spiro atoms. The quantitative estimate of drug-likeness (QED) is 0.635. The highest BCUT2D eigenvalue weighted by Crippen LogP contribution is 2.30. The molecular weight excluding hydrogens is 390 g/mol. The van der Waals surface area contributed by atoms with E-state index in [4.69, 9.17) is 4.74 Å². The van der Waals surface area contributed by atoms with Crippen molar-refractivity contribution in [2.24, 2.45) is 0 Å². The lowest BCUT2D eigenvalue weighted by molar-refractivity contribution is 0.0198. The number of para-hydroxylation sites is 1. The molecule has 1 saturated heterocycles. The first-order valence-electron chi connectivity index (χ1n) is 10.7. The number of hydrogen-bond donors (Lipinski definition) is 1. The van der Waals surface area contributed by atoms with Gasteiger partial charge in [0, 0.05) is 24.7 Å². The van der Waals surface area contributed by atoms with E-state index in [0.29, 0.717) is 12.5 Å². The van der Waals surface area contributed by atoms with Gasteiger partial charge in [-0.05, 0) is 63.4 Å². The van der Waals surface area contributed by atoms with Crippen LogP contribution in [-0.4, -0.2) is 44.4 Å². The van der Waals surface area contributed by atoms with Crippen molar-refractivity contribution in [3.8, 4) is 5.69 Å². The van der Waals surface area contributed by atoms with E-state index in [2.05, 4.69) is 27.5 Å². The van der Waals surface area contributed by atoms with Gasteiger partial charge in [-0.1, -0.05) is 30.3 Å². The van der Waals surface area contributed by atoms with Gasteiger partial charge in [-0.25, -0.2) is 9.48 Å². The summed E-state index contributed by atoms with van der Waals surface area (Å²) in [6, 6.07) is 18.1. The number of anilines is 2. The predicted molar refractivity (Wildman–Crippen MR) is 121 cm³/mol. The molecule has 1 atom stereocenters. The van der Waals surface area contributed by atoms with Crippen LogP contribution < -0.4 is 5.32 Å². The van der Waals surface area contributed by atoms with Gasteiger partial charge in [-0.3, -0.25) is 0 Å². The summed E-state index contributed by atoms with van der Waals surface area (Å²) < 4.78 is 7.30. The van der Waals surface area contributed by atoms with E-state index < -0.39 is 5.60 Å². The summed E-state index contributed by atoms with van der Waals surface area (Å²) in [5.74, 6) is 0.817. The Morgan fingerprint density at radius 3 is 2.71 bits per heavy atom. The fraction of sp³-hybridized carbons (Fsp3) is 0.375. The Morgan fingerprint density at radius 1 is 1.13 bits per heavy atom. The van der Waals surface area contributed by atoms with Crippen molar-refractivity contribution in [1.29, 1.82) is 0 Å². The van der Waals surface area contributed by atoms with E-state index in [1.807, 2.05) is 68.1 Å². The molecule has 1 amide bonds. The van der Waals surface area contributed by atoms with Gasteiger partial charge in [0.1, 0.15) is 11.9 Å². The summed E-state index contributed by atoms with van der Waals surface area (Å²) in [6.07, 6.45) is 3.47. The maximum Gasteiger partial charge on any atom is 0.410 e. The van der Waals surface area contributed by atoms with Gasteiger partial charge < -0.3 is 15.0 Å². The van der Waals surface area contributed by atoms with Crippen LogP contribution in [0.4, 0.5) is 16.4 Å². The van der Waals surface area contributed by atoms with Crippen LogP contribution in [0.25, 0.3) is 5.69 Å². The molecule has 1 fully saturated rings. The number of carbonyl (C=O) groups excluding carboxylic acids is 1. The molecule has 31 heavy (non-hydrogen) atoms. The Hall–Kier alpha value is -3.35. The smallest absolute Gasteiger partial charge is 0.410 e. The molecule has 1 aliphatic heterocycles. The molecule has 162 valence electrons. The molecule has 0 radical (unpaired) electrons. The third-order valence-electron chi connectivity index (χ3n) is 5.20. The monoisotopic (exact) mass is 419 g/mol. The van der Waals surface area contributed by atoms with E-state index >= 15 is 0 Å². The zero-order chi connectivity index (χ0) is 21.8. The molecule has 2 heterocycles. The van der Waals surface area contributed by atoms with Gasteiger partial charge in [-0.15, -0.1) is 5.10 Å². The van der Waals surface area contributed by atoms with Crippen LogP contribution in [-0.2, 0) is 4.74 Å². The molecular formula is C24H29N5O2. The van der Waals surface area contributed by atoms with Crippen molar-refractivity contribution >= 4 is 17.7 Å². The van der Waals surface area contributed by atoms with Crippen molar-refractivity contribution in [2.75, 3.05) is 18.4 Å². The fourth-order valence-electron chi connectivity index (χ4n) is 3.77. The van der Waals surface area contributed by atoms with E-state index in [9.17, 15) is 4.79 Å². The van der Waals surface area contributed by atoms with Crippen LogP contribution >= 0.6 is 0 Å². The molecule has 2 aromatic carbocycles. The van der Waals surface area contributed by atoms with Gasteiger partial charge in [-0.2, -0.15) is 4.98 Å². The number of nitrogens with zero attached hydrogens (tertiary/aromatic N) is 4. The van der Waals surface area contributed by atoms with E-state index in [1.54, 1.807) is 11.0 Å². The zero-order valence-corrected chi connectivity index (χ0v) is 18.3. The first-order chi connectivity index (χ1) is 14.9. The summed E-state index contributed by atoms with van der Waals surface area (Å²) in [7, 11) is 0. The molecule has 1 aromatic heterocycles. The number of piperidine rings is 1. The largest absolute Gasteiger partial charge is 0.444 e. The standard InChI is InChI=1S/C24H29N5O2/c1-24(2,3)31-23(30)28-14-8-10-19(16-28)18-9-7-11-20(15-18)26-22-25-17-29(27-22)21-12-5-4-6-13-21/h4-7,9,11-13,15,17,19H,8,10,14,16H2,1-3H3,(H,26,27). The minimum absolute atomic E-state index is 0.234. The van der Waals surface area contributed by atoms with Crippen LogP contribution in [0.2, 0.25) is 0 Å². The Kier molecular flexibility index (Phi) is 5.93. The van der Waals surface area contributed by atoms with Crippen molar-refractivity contribution in [3.05, 3.63) is 66.5 Å². The Bertz CT molecular complexity index is 1030. The van der Waals surface area contributed by atoms with Crippen LogP contribution in [0, 0.1) is 0 Å². The number of benzene rings is 2. The number of carbonyl (C=O) groups is 1. The molecule has 1 N–H and O–H groups in total. The number of likely N-dealkylation sites (tertiary alicyclic amines) is 1. The topological polar surface area (TPSA) is 72.3 Å². The summed E-state index contributed by atoms with van der Waals surface area (Å²) in [5, 5.41) is 7.80. The average molecular weight is 420 g/mol. The number of ether oxygens (including phenoxy) is 1. The number of aromatic nitrogens is 3. The number of hydrogen-bond acceptors (Lipinski definition) is 5. The van der Waals surface area contributed by atoms with Crippen molar-refractivity contribution in [3.63, 3.8) is 0 Å². The number of nitrogens with one attached hydrogen (secondary N) is 1. The number of rotatable bonds is 4. The second-order valence-corrected chi connectivity index (χ2v) is 8.86. The van der Waals surface area contributed by atoms with Crippen molar-refractivity contribution in [1.82, 2.24) is 19.7 Å². The average Bonchev–Trinajstić information content (AvgIpc) is 3.22. The predicted octanol–water partition coefficient (Wildman–Crippen LogP) is 5.13. The molecule has 1 unspecified atom stereocenters. The van der Waals surface area contributed by atoms with Crippen LogP contribution in [0.3, 0.4) is 0 Å². The number of amides is 1. The Balaban J connectivity index is 1.44. The third-order valence-corrected chi connectivity index (χ3v) is 5.20. The second kappa shape index (κ2) is 8.79. The lowest BCUT2D eigenvalue weighted by Gasteiger charge is -2.34. The first kappa shape index (κ1) is 20.9. The highest BCUT2D eigenvalue weighted by atomic mass is 16.6. The lowest BCUT2D eigenvalue weighted by Crippen LogP contribution is -2.42. The van der Waals surface area contributed by atoms with Crippen LogP contribution in [0.15, 0.2) is 60.9 Å². The molecule has 4 rings (SSSR count). The van der Waals surface area contributed by atoms with Gasteiger partial charge in [0.25, 0.3) is 0 Å². The summed E-state index contributed by atoms with van der Waals surface area (Å²) in [4.78, 5) is 18.7. The van der Waals surface area contributed by atoms with Crippen molar-refractivity contribution in [2.45, 2.75) is 45.1 Å². The van der Waals surface area contributed by atoms with E-state index in [-0.39, 0.29) is 12.0 Å². The maximum atomic E-state index is 12.5. The van der Waals surface area contributed by atoms with Gasteiger partial charge >= 0.3 is 6.09 Å². The molecule has 7 heteroatoms. The highest BCUT2D eigenvalue weighted by Gasteiger charge is 2.28. The van der Waals surface area contributed by atoms with Gasteiger partial charge in [0.15, 0.2) is 0 Å². The normalized spacial score (nSPS) is 16.7. The third kappa shape index (κ3) is 5.42. The highest BCUT2D eigenvalue weighted by molar-refractivity contribution is 5.68. The van der Waals surface area contributed by atoms with Crippen LogP contribution in [0.5, 0.6) is 0 Å². The molecule has 0 bridgehead atoms. The first-order valence-corrected chi connectivity index (χ1v) is 10.7. The summed E-state index contributed by atoms with van der Waals surface area (Å²) in [5.41, 5.74) is 2.60. The molecule has 0 saturated carbocycles. The van der Waals surface area contributed by atoms with Crippen LogP contribution in [0.1, 0.15) is 45.1 Å². The minimum Gasteiger partial charge on any atom is -0.444 e. The molecule has 1 aliphatic rings. The van der Waals surface area contributed by atoms with Gasteiger partial charge in [0.05, 0.1) is 5.69 Å². The second-order valence-electron chi connectivity index (χ2n) is 8.86. The molecule has 0 aliphatic carbocycles. The SMILES string of the molecule is CC(C)(C)OC(=O)N1CCCC(c2cccc(Nc3ncn(-c4ccccc4)n3)c2)C1. The maximum absolute atomic E-state index is 12.5. The van der Waals surface area contributed by atoms with E-state index in [0.717, 1.165) is 30.8 Å². The molecule has 7 nitrogen and oxygen atoms in total. The van der Waals surface area contributed by atoms with Gasteiger partial charge in [0.2, 0.25) is 5.95 Å².